The Hall–Kier alpha value is -4.12. The van der Waals surface area contributed by atoms with Crippen LogP contribution >= 0.6 is 0 Å². The van der Waals surface area contributed by atoms with Gasteiger partial charge in [-0.15, -0.1) is 0 Å². The van der Waals surface area contributed by atoms with Crippen molar-refractivity contribution >= 4 is 28.8 Å². The molecule has 1 heterocycles. The highest BCUT2D eigenvalue weighted by molar-refractivity contribution is 6.06. The lowest BCUT2D eigenvalue weighted by molar-refractivity contribution is -0.117. The SMILES string of the molecule is CCn1cc(/C=C(\NC(=O)c2ccc(C)cc2)C(=O)NCc2ccccc2)c2ccccc21. The van der Waals surface area contributed by atoms with Crippen LogP contribution in [0.25, 0.3) is 17.0 Å². The number of hydrogen-bond acceptors (Lipinski definition) is 2. The van der Waals surface area contributed by atoms with Gasteiger partial charge in [-0.25, -0.2) is 0 Å². The minimum absolute atomic E-state index is 0.204. The average Bonchev–Trinajstić information content (AvgIpc) is 3.20. The number of benzene rings is 3. The fraction of sp³-hybridized carbons (Fsp3) is 0.143. The van der Waals surface area contributed by atoms with Crippen LogP contribution in [0.3, 0.4) is 0 Å². The Labute approximate surface area is 193 Å². The van der Waals surface area contributed by atoms with Gasteiger partial charge in [-0.05, 0) is 43.7 Å². The second-order valence-electron chi connectivity index (χ2n) is 7.93. The molecule has 0 spiro atoms. The standard InChI is InChI=1S/C28H27N3O2/c1-3-31-19-23(24-11-7-8-12-26(24)31)17-25(28(33)29-18-21-9-5-4-6-10-21)30-27(32)22-15-13-20(2)14-16-22/h4-17,19H,3,18H2,1-2H3,(H,29,33)(H,30,32)/b25-17-. The lowest BCUT2D eigenvalue weighted by Crippen LogP contribution is -2.34. The highest BCUT2D eigenvalue weighted by Crippen LogP contribution is 2.23. The van der Waals surface area contributed by atoms with E-state index in [9.17, 15) is 9.59 Å². The number of carbonyl (C=O) groups excluding carboxylic acids is 2. The molecular formula is C28H27N3O2. The maximum absolute atomic E-state index is 13.2. The molecule has 5 heteroatoms. The molecule has 1 aromatic heterocycles. The summed E-state index contributed by atoms with van der Waals surface area (Å²) in [7, 11) is 0. The number of para-hydroxylation sites is 1. The van der Waals surface area contributed by atoms with E-state index in [0.29, 0.717) is 12.1 Å². The van der Waals surface area contributed by atoms with E-state index in [1.54, 1.807) is 18.2 Å². The van der Waals surface area contributed by atoms with E-state index < -0.39 is 0 Å². The molecule has 2 amide bonds. The van der Waals surface area contributed by atoms with Crippen LogP contribution in [0.1, 0.15) is 34.0 Å². The Bertz CT molecular complexity index is 1300. The number of amides is 2. The molecule has 0 aliphatic rings. The summed E-state index contributed by atoms with van der Waals surface area (Å²) in [5, 5.41) is 6.78. The zero-order valence-electron chi connectivity index (χ0n) is 18.8. The van der Waals surface area contributed by atoms with Crippen molar-refractivity contribution in [2.75, 3.05) is 0 Å². The molecule has 4 aromatic rings. The first-order valence-corrected chi connectivity index (χ1v) is 11.0. The summed E-state index contributed by atoms with van der Waals surface area (Å²) in [6, 6.07) is 25.0. The van der Waals surface area contributed by atoms with E-state index in [1.807, 2.05) is 73.8 Å². The van der Waals surface area contributed by atoms with Crippen LogP contribution in [-0.2, 0) is 17.9 Å². The van der Waals surface area contributed by atoms with Crippen molar-refractivity contribution in [1.82, 2.24) is 15.2 Å². The molecule has 0 aliphatic carbocycles. The fourth-order valence-corrected chi connectivity index (χ4v) is 3.74. The third-order valence-corrected chi connectivity index (χ3v) is 5.56. The van der Waals surface area contributed by atoms with Crippen molar-refractivity contribution in [3.63, 3.8) is 0 Å². The van der Waals surface area contributed by atoms with Gasteiger partial charge in [0.25, 0.3) is 11.8 Å². The molecular weight excluding hydrogens is 410 g/mol. The zero-order chi connectivity index (χ0) is 23.2. The summed E-state index contributed by atoms with van der Waals surface area (Å²) < 4.78 is 2.13. The van der Waals surface area contributed by atoms with Gasteiger partial charge in [-0.1, -0.05) is 66.2 Å². The molecule has 5 nitrogen and oxygen atoms in total. The Balaban J connectivity index is 1.66. The van der Waals surface area contributed by atoms with Gasteiger partial charge < -0.3 is 15.2 Å². The molecule has 0 atom stereocenters. The van der Waals surface area contributed by atoms with Gasteiger partial charge in [0.15, 0.2) is 0 Å². The van der Waals surface area contributed by atoms with E-state index in [0.717, 1.165) is 34.1 Å². The minimum Gasteiger partial charge on any atom is -0.347 e. The maximum Gasteiger partial charge on any atom is 0.268 e. The monoisotopic (exact) mass is 437 g/mol. The van der Waals surface area contributed by atoms with E-state index in [4.69, 9.17) is 0 Å². The number of fused-ring (bicyclic) bond motifs is 1. The van der Waals surface area contributed by atoms with Gasteiger partial charge in [0.1, 0.15) is 5.70 Å². The van der Waals surface area contributed by atoms with Crippen molar-refractivity contribution in [3.05, 3.63) is 113 Å². The molecule has 4 rings (SSSR count). The molecule has 0 fully saturated rings. The molecule has 166 valence electrons. The number of aryl methyl sites for hydroxylation is 2. The van der Waals surface area contributed by atoms with Crippen LogP contribution in [0.4, 0.5) is 0 Å². The number of aromatic nitrogens is 1. The van der Waals surface area contributed by atoms with Crippen molar-refractivity contribution in [2.45, 2.75) is 26.9 Å². The van der Waals surface area contributed by atoms with Crippen LogP contribution in [0.15, 0.2) is 90.8 Å². The van der Waals surface area contributed by atoms with Gasteiger partial charge in [-0.2, -0.15) is 0 Å². The lowest BCUT2D eigenvalue weighted by atomic mass is 10.1. The fourth-order valence-electron chi connectivity index (χ4n) is 3.74. The number of nitrogens with zero attached hydrogens (tertiary/aromatic N) is 1. The summed E-state index contributed by atoms with van der Waals surface area (Å²) in [5.74, 6) is -0.664. The smallest absolute Gasteiger partial charge is 0.268 e. The second kappa shape index (κ2) is 10.0. The molecule has 0 bridgehead atoms. The van der Waals surface area contributed by atoms with E-state index in [2.05, 4.69) is 28.2 Å². The lowest BCUT2D eigenvalue weighted by Gasteiger charge is -2.11. The summed E-state index contributed by atoms with van der Waals surface area (Å²) in [4.78, 5) is 26.1. The molecule has 0 aliphatic heterocycles. The normalized spacial score (nSPS) is 11.4. The maximum atomic E-state index is 13.2. The van der Waals surface area contributed by atoms with Crippen molar-refractivity contribution < 1.29 is 9.59 Å². The number of rotatable bonds is 7. The van der Waals surface area contributed by atoms with Gasteiger partial charge in [0, 0.05) is 41.3 Å². The summed E-state index contributed by atoms with van der Waals surface area (Å²) in [5.41, 5.74) is 4.71. The highest BCUT2D eigenvalue weighted by atomic mass is 16.2. The first-order valence-electron chi connectivity index (χ1n) is 11.0. The van der Waals surface area contributed by atoms with Crippen LogP contribution in [-0.4, -0.2) is 16.4 Å². The summed E-state index contributed by atoms with van der Waals surface area (Å²) in [6.07, 6.45) is 3.76. The van der Waals surface area contributed by atoms with Crippen molar-refractivity contribution in [2.24, 2.45) is 0 Å². The van der Waals surface area contributed by atoms with Crippen LogP contribution in [0, 0.1) is 6.92 Å². The molecule has 0 saturated carbocycles. The highest BCUT2D eigenvalue weighted by Gasteiger charge is 2.16. The molecule has 0 radical (unpaired) electrons. The Morgan fingerprint density at radius 1 is 0.909 bits per heavy atom. The van der Waals surface area contributed by atoms with E-state index >= 15 is 0 Å². The topological polar surface area (TPSA) is 63.1 Å². The van der Waals surface area contributed by atoms with Gasteiger partial charge >= 0.3 is 0 Å². The Morgan fingerprint density at radius 2 is 1.61 bits per heavy atom. The Morgan fingerprint density at radius 3 is 2.33 bits per heavy atom. The minimum atomic E-state index is -0.340. The second-order valence-corrected chi connectivity index (χ2v) is 7.93. The average molecular weight is 438 g/mol. The van der Waals surface area contributed by atoms with Gasteiger partial charge in [0.05, 0.1) is 0 Å². The third kappa shape index (κ3) is 5.21. The molecule has 3 aromatic carbocycles. The number of hydrogen-bond donors (Lipinski definition) is 2. The quantitative estimate of drug-likeness (QED) is 0.397. The van der Waals surface area contributed by atoms with Crippen LogP contribution in [0.5, 0.6) is 0 Å². The van der Waals surface area contributed by atoms with E-state index in [-0.39, 0.29) is 17.5 Å². The van der Waals surface area contributed by atoms with Crippen molar-refractivity contribution in [1.29, 1.82) is 0 Å². The Kier molecular flexibility index (Phi) is 6.69. The first-order chi connectivity index (χ1) is 16.0. The van der Waals surface area contributed by atoms with Crippen molar-refractivity contribution in [3.8, 4) is 0 Å². The predicted molar refractivity (Wildman–Crippen MR) is 133 cm³/mol. The van der Waals surface area contributed by atoms with Crippen LogP contribution < -0.4 is 10.6 Å². The molecule has 0 saturated heterocycles. The van der Waals surface area contributed by atoms with Crippen LogP contribution in [0.2, 0.25) is 0 Å². The molecule has 2 N–H and O–H groups in total. The summed E-state index contributed by atoms with van der Waals surface area (Å²) in [6.45, 7) is 5.22. The predicted octanol–water partition coefficient (Wildman–Crippen LogP) is 5.06. The first kappa shape index (κ1) is 22.1. The largest absolute Gasteiger partial charge is 0.347 e. The molecule has 33 heavy (non-hydrogen) atoms. The number of carbonyl (C=O) groups is 2. The van der Waals surface area contributed by atoms with Gasteiger partial charge in [-0.3, -0.25) is 9.59 Å². The molecule has 0 unspecified atom stereocenters. The van der Waals surface area contributed by atoms with Gasteiger partial charge in [0.2, 0.25) is 0 Å². The summed E-state index contributed by atoms with van der Waals surface area (Å²) >= 11 is 0. The van der Waals surface area contributed by atoms with E-state index in [1.165, 1.54) is 0 Å². The zero-order valence-corrected chi connectivity index (χ0v) is 18.8. The number of nitrogens with one attached hydrogen (secondary N) is 2. The third-order valence-electron chi connectivity index (χ3n) is 5.56.